The summed E-state index contributed by atoms with van der Waals surface area (Å²) in [5.41, 5.74) is 0.752. The lowest BCUT2D eigenvalue weighted by Crippen LogP contribution is -2.32. The number of carbonyl (C=O) groups excluding carboxylic acids is 1. The van der Waals surface area contributed by atoms with E-state index in [1.165, 1.54) is 0 Å². The molecule has 0 radical (unpaired) electrons. The molecule has 0 atom stereocenters. The molecular weight excluding hydrogens is 196 g/mol. The van der Waals surface area contributed by atoms with E-state index in [2.05, 4.69) is 5.32 Å². The number of nitrogens with one attached hydrogen (secondary N) is 1. The molecule has 0 fully saturated rings. The van der Waals surface area contributed by atoms with Crippen molar-refractivity contribution in [2.24, 2.45) is 0 Å². The minimum Gasteiger partial charge on any atom is -0.364 e. The van der Waals surface area contributed by atoms with Gasteiger partial charge in [0.15, 0.2) is 4.99 Å². The summed E-state index contributed by atoms with van der Waals surface area (Å²) < 4.78 is 0. The van der Waals surface area contributed by atoms with Gasteiger partial charge < -0.3 is 10.2 Å². The molecule has 0 heterocycles. The van der Waals surface area contributed by atoms with E-state index in [0.29, 0.717) is 0 Å². The number of hydrogen-bond donors (Lipinski definition) is 1. The van der Waals surface area contributed by atoms with Crippen LogP contribution in [-0.2, 0) is 4.79 Å². The summed E-state index contributed by atoms with van der Waals surface area (Å²) in [6.07, 6.45) is 0. The Labute approximate surface area is 88.7 Å². The topological polar surface area (TPSA) is 32.3 Å². The zero-order valence-electron chi connectivity index (χ0n) is 8.15. The Morgan fingerprint density at radius 1 is 1.29 bits per heavy atom. The molecule has 0 aromatic heterocycles. The maximum Gasteiger partial charge on any atom is 0.283 e. The first kappa shape index (κ1) is 10.7. The second kappa shape index (κ2) is 4.72. The van der Waals surface area contributed by atoms with Gasteiger partial charge >= 0.3 is 0 Å². The Kier molecular flexibility index (Phi) is 3.59. The van der Waals surface area contributed by atoms with Gasteiger partial charge in [-0.3, -0.25) is 4.79 Å². The van der Waals surface area contributed by atoms with Gasteiger partial charge in [-0.05, 0) is 12.1 Å². The smallest absolute Gasteiger partial charge is 0.283 e. The minimum atomic E-state index is -0.254. The van der Waals surface area contributed by atoms with Crippen molar-refractivity contribution in [1.82, 2.24) is 4.90 Å². The van der Waals surface area contributed by atoms with E-state index >= 15 is 0 Å². The number of benzene rings is 1. The number of amides is 1. The van der Waals surface area contributed by atoms with E-state index < -0.39 is 0 Å². The van der Waals surface area contributed by atoms with E-state index in [0.717, 1.165) is 5.69 Å². The van der Waals surface area contributed by atoms with Crippen LogP contribution in [0.3, 0.4) is 0 Å². The van der Waals surface area contributed by atoms with Crippen LogP contribution in [0.5, 0.6) is 0 Å². The highest BCUT2D eigenvalue weighted by atomic mass is 32.1. The molecule has 0 unspecified atom stereocenters. The van der Waals surface area contributed by atoms with E-state index in [1.54, 1.807) is 19.0 Å². The molecule has 1 aromatic rings. The van der Waals surface area contributed by atoms with Crippen LogP contribution in [0.25, 0.3) is 0 Å². The van der Waals surface area contributed by atoms with Crippen LogP contribution < -0.4 is 5.32 Å². The first-order valence-corrected chi connectivity index (χ1v) is 4.60. The Bertz CT molecular complexity index is 335. The number of hydrogen-bond acceptors (Lipinski definition) is 2. The van der Waals surface area contributed by atoms with Gasteiger partial charge in [-0.1, -0.05) is 30.4 Å². The number of anilines is 1. The van der Waals surface area contributed by atoms with Crippen molar-refractivity contribution in [3.63, 3.8) is 0 Å². The van der Waals surface area contributed by atoms with Gasteiger partial charge in [0.2, 0.25) is 0 Å². The molecule has 0 aliphatic carbocycles. The fourth-order valence-electron chi connectivity index (χ4n) is 0.909. The lowest BCUT2D eigenvalue weighted by molar-refractivity contribution is -0.110. The number of carbonyl (C=O) groups is 1. The maximum atomic E-state index is 11.5. The lowest BCUT2D eigenvalue weighted by Gasteiger charge is -2.12. The molecule has 3 nitrogen and oxygen atoms in total. The summed E-state index contributed by atoms with van der Waals surface area (Å²) in [5, 5.41) is 2.70. The van der Waals surface area contributed by atoms with Crippen molar-refractivity contribution >= 4 is 28.8 Å². The van der Waals surface area contributed by atoms with Crippen molar-refractivity contribution in [2.45, 2.75) is 0 Å². The van der Waals surface area contributed by atoms with Crippen LogP contribution in [0, 0.1) is 0 Å². The van der Waals surface area contributed by atoms with Crippen molar-refractivity contribution in [3.05, 3.63) is 30.3 Å². The maximum absolute atomic E-state index is 11.5. The number of nitrogens with zero attached hydrogens (tertiary/aromatic N) is 1. The summed E-state index contributed by atoms with van der Waals surface area (Å²) in [7, 11) is 3.49. The molecular formula is C10H12N2OS. The first-order valence-electron chi connectivity index (χ1n) is 4.19. The van der Waals surface area contributed by atoms with Crippen LogP contribution in [0.2, 0.25) is 0 Å². The summed E-state index contributed by atoms with van der Waals surface area (Å²) in [6, 6.07) is 9.23. The third-order valence-electron chi connectivity index (χ3n) is 1.63. The monoisotopic (exact) mass is 208 g/mol. The Hall–Kier alpha value is -1.42. The summed E-state index contributed by atoms with van der Waals surface area (Å²) in [6.45, 7) is 0. The summed E-state index contributed by atoms with van der Waals surface area (Å²) >= 11 is 4.91. The fraction of sp³-hybridized carbons (Fsp3) is 0.200. The number of likely N-dealkylation sites (N-methyl/N-ethyl adjacent to an activating group) is 1. The highest BCUT2D eigenvalue weighted by molar-refractivity contribution is 7.82. The fourth-order valence-corrected chi connectivity index (χ4v) is 0.960. The molecule has 4 heteroatoms. The Balaban J connectivity index is 2.63. The zero-order chi connectivity index (χ0) is 10.6. The van der Waals surface area contributed by atoms with Crippen molar-refractivity contribution < 1.29 is 4.79 Å². The molecule has 0 saturated carbocycles. The third-order valence-corrected chi connectivity index (χ3v) is 2.18. The van der Waals surface area contributed by atoms with Crippen LogP contribution in [-0.4, -0.2) is 29.9 Å². The lowest BCUT2D eigenvalue weighted by atomic mass is 10.3. The van der Waals surface area contributed by atoms with Crippen LogP contribution in [0.4, 0.5) is 5.69 Å². The van der Waals surface area contributed by atoms with Crippen LogP contribution in [0.15, 0.2) is 30.3 Å². The van der Waals surface area contributed by atoms with Gasteiger partial charge in [0.25, 0.3) is 5.91 Å². The second-order valence-electron chi connectivity index (χ2n) is 3.02. The molecule has 0 spiro atoms. The van der Waals surface area contributed by atoms with Gasteiger partial charge in [0.1, 0.15) is 0 Å². The van der Waals surface area contributed by atoms with E-state index in [1.807, 2.05) is 30.3 Å². The summed E-state index contributed by atoms with van der Waals surface area (Å²) in [5.74, 6) is -0.254. The molecule has 0 aliphatic rings. The number of rotatable bonds is 1. The van der Waals surface area contributed by atoms with Gasteiger partial charge in [0, 0.05) is 19.8 Å². The Morgan fingerprint density at radius 2 is 1.86 bits per heavy atom. The SMILES string of the molecule is CN(C)C(=S)C(=O)Nc1ccccc1. The van der Waals surface area contributed by atoms with Crippen molar-refractivity contribution in [2.75, 3.05) is 19.4 Å². The highest BCUT2D eigenvalue weighted by Crippen LogP contribution is 2.05. The van der Waals surface area contributed by atoms with E-state index in [9.17, 15) is 4.79 Å². The molecule has 0 saturated heterocycles. The highest BCUT2D eigenvalue weighted by Gasteiger charge is 2.10. The predicted molar refractivity (Wildman–Crippen MR) is 61.4 cm³/mol. The largest absolute Gasteiger partial charge is 0.364 e. The molecule has 0 bridgehead atoms. The van der Waals surface area contributed by atoms with Gasteiger partial charge in [0.05, 0.1) is 0 Å². The number of thiocarbonyl (C=S) groups is 1. The molecule has 74 valence electrons. The normalized spacial score (nSPS) is 9.29. The summed E-state index contributed by atoms with van der Waals surface area (Å²) in [4.78, 5) is 13.3. The van der Waals surface area contributed by atoms with Crippen LogP contribution in [0.1, 0.15) is 0 Å². The molecule has 1 rings (SSSR count). The van der Waals surface area contributed by atoms with E-state index in [-0.39, 0.29) is 10.9 Å². The van der Waals surface area contributed by atoms with E-state index in [4.69, 9.17) is 12.2 Å². The van der Waals surface area contributed by atoms with Crippen molar-refractivity contribution in [1.29, 1.82) is 0 Å². The van der Waals surface area contributed by atoms with Crippen LogP contribution >= 0.6 is 12.2 Å². The Morgan fingerprint density at radius 3 is 2.36 bits per heavy atom. The molecule has 1 amide bonds. The number of para-hydroxylation sites is 1. The van der Waals surface area contributed by atoms with Crippen molar-refractivity contribution in [3.8, 4) is 0 Å². The molecule has 14 heavy (non-hydrogen) atoms. The van der Waals surface area contributed by atoms with Gasteiger partial charge in [-0.15, -0.1) is 0 Å². The molecule has 1 aromatic carbocycles. The third kappa shape index (κ3) is 2.81. The quantitative estimate of drug-likeness (QED) is 0.710. The minimum absolute atomic E-state index is 0.254. The average molecular weight is 208 g/mol. The van der Waals surface area contributed by atoms with Gasteiger partial charge in [-0.25, -0.2) is 0 Å². The zero-order valence-corrected chi connectivity index (χ0v) is 8.97. The standard InChI is InChI=1S/C10H12N2OS/c1-12(2)10(14)9(13)11-8-6-4-3-5-7-8/h3-7H,1-2H3,(H,11,13). The average Bonchev–Trinajstić information content (AvgIpc) is 2.18. The molecule has 1 N–H and O–H groups in total. The van der Waals surface area contributed by atoms with Gasteiger partial charge in [-0.2, -0.15) is 0 Å². The second-order valence-corrected chi connectivity index (χ2v) is 3.41. The predicted octanol–water partition coefficient (Wildman–Crippen LogP) is 1.51. The first-order chi connectivity index (χ1) is 6.61. The molecule has 0 aliphatic heterocycles.